The maximum Gasteiger partial charge on any atom is 0.204 e. The van der Waals surface area contributed by atoms with E-state index in [9.17, 15) is 4.79 Å². The molecule has 0 spiro atoms. The lowest BCUT2D eigenvalue weighted by Crippen LogP contribution is -2.52. The lowest BCUT2D eigenvalue weighted by atomic mass is 9.88. The summed E-state index contributed by atoms with van der Waals surface area (Å²) in [6.07, 6.45) is 2.90. The van der Waals surface area contributed by atoms with E-state index in [0.717, 1.165) is 36.8 Å². The van der Waals surface area contributed by atoms with Gasteiger partial charge >= 0.3 is 0 Å². The fourth-order valence-electron chi connectivity index (χ4n) is 3.66. The zero-order chi connectivity index (χ0) is 17.9. The Morgan fingerprint density at radius 3 is 2.44 bits per heavy atom. The van der Waals surface area contributed by atoms with Gasteiger partial charge < -0.3 is 4.74 Å². The molecular weight excluding hydrogens is 357 g/mol. The smallest absolute Gasteiger partial charge is 0.204 e. The van der Waals surface area contributed by atoms with E-state index in [1.54, 1.807) is 13.2 Å². The largest absolute Gasteiger partial charge is 0.353 e. The second-order valence-electron chi connectivity index (χ2n) is 6.37. The van der Waals surface area contributed by atoms with Crippen molar-refractivity contribution >= 4 is 29.5 Å². The van der Waals surface area contributed by atoms with Crippen LogP contribution in [0.3, 0.4) is 0 Å². The van der Waals surface area contributed by atoms with Crippen LogP contribution in [-0.2, 0) is 15.3 Å². The summed E-state index contributed by atoms with van der Waals surface area (Å²) in [7, 11) is 1.58. The van der Waals surface area contributed by atoms with Gasteiger partial charge in [0.05, 0.1) is 0 Å². The zero-order valence-corrected chi connectivity index (χ0v) is 15.6. The molecule has 0 aromatic heterocycles. The summed E-state index contributed by atoms with van der Waals surface area (Å²) in [6.45, 7) is 1.50. The van der Waals surface area contributed by atoms with Crippen LogP contribution in [0.5, 0.6) is 0 Å². The first-order chi connectivity index (χ1) is 12.1. The fourth-order valence-corrected chi connectivity index (χ4v) is 4.20. The van der Waals surface area contributed by atoms with Crippen molar-refractivity contribution in [2.24, 2.45) is 0 Å². The van der Waals surface area contributed by atoms with E-state index in [4.69, 9.17) is 27.9 Å². The lowest BCUT2D eigenvalue weighted by molar-refractivity contribution is -0.164. The summed E-state index contributed by atoms with van der Waals surface area (Å²) in [5.74, 6) is 0.253. The Morgan fingerprint density at radius 2 is 1.84 bits per heavy atom. The van der Waals surface area contributed by atoms with Crippen LogP contribution in [0.2, 0.25) is 10.0 Å². The molecule has 2 aromatic rings. The van der Waals surface area contributed by atoms with Gasteiger partial charge in [0.15, 0.2) is 6.29 Å². The third kappa shape index (κ3) is 3.75. The first-order valence-corrected chi connectivity index (χ1v) is 9.12. The van der Waals surface area contributed by atoms with Gasteiger partial charge in [0.1, 0.15) is 0 Å². The lowest BCUT2D eigenvalue weighted by Gasteiger charge is -2.43. The van der Waals surface area contributed by atoms with E-state index in [1.807, 2.05) is 42.5 Å². The van der Waals surface area contributed by atoms with Gasteiger partial charge in [-0.2, -0.15) is 0 Å². The molecule has 25 heavy (non-hydrogen) atoms. The van der Waals surface area contributed by atoms with Crippen LogP contribution in [0, 0.1) is 0 Å². The summed E-state index contributed by atoms with van der Waals surface area (Å²) in [4.78, 5) is 14.2. The molecule has 2 aromatic carbocycles. The first-order valence-electron chi connectivity index (χ1n) is 8.37. The number of halogens is 2. The summed E-state index contributed by atoms with van der Waals surface area (Å²) in [5.41, 5.74) is 0.880. The second kappa shape index (κ2) is 7.88. The molecule has 1 aliphatic heterocycles. The van der Waals surface area contributed by atoms with Crippen molar-refractivity contribution in [2.75, 3.05) is 20.2 Å². The number of ether oxygens (including phenoxy) is 1. The predicted molar refractivity (Wildman–Crippen MR) is 101 cm³/mol. The molecular formula is C20H21Cl2NO2. The summed E-state index contributed by atoms with van der Waals surface area (Å²) in [5, 5.41) is 1.27. The van der Waals surface area contributed by atoms with E-state index in [0.29, 0.717) is 16.6 Å². The number of likely N-dealkylation sites (tertiary alicyclic amines) is 1. The minimum Gasteiger partial charge on any atom is -0.353 e. The van der Waals surface area contributed by atoms with Crippen LogP contribution in [-0.4, -0.2) is 31.4 Å². The van der Waals surface area contributed by atoms with Crippen molar-refractivity contribution in [3.8, 4) is 0 Å². The van der Waals surface area contributed by atoms with Crippen molar-refractivity contribution < 1.29 is 9.53 Å². The SMILES string of the molecule is CO[C@@](C=O)(c1ccccc1)N1CCC[C@H](c2cc(Cl)cc(Cl)c2)C1. The Morgan fingerprint density at radius 1 is 1.16 bits per heavy atom. The van der Waals surface area contributed by atoms with E-state index < -0.39 is 5.72 Å². The van der Waals surface area contributed by atoms with Gasteiger partial charge in [0.25, 0.3) is 0 Å². The quantitative estimate of drug-likeness (QED) is 0.696. The standard InChI is InChI=1S/C20H21Cl2NO2/c1-25-20(14-24,17-7-3-2-4-8-17)23-9-5-6-15(13-23)16-10-18(21)12-19(22)11-16/h2-4,7-8,10-12,14-15H,5-6,9,13H2,1H3/t15-,20-/m0/s1. The average molecular weight is 378 g/mol. The average Bonchev–Trinajstić information content (AvgIpc) is 2.64. The number of methoxy groups -OCH3 is 1. The highest BCUT2D eigenvalue weighted by Crippen LogP contribution is 2.36. The van der Waals surface area contributed by atoms with Crippen molar-refractivity contribution in [1.29, 1.82) is 0 Å². The first kappa shape index (κ1) is 18.4. The highest BCUT2D eigenvalue weighted by atomic mass is 35.5. The van der Waals surface area contributed by atoms with Gasteiger partial charge in [0, 0.05) is 35.8 Å². The number of nitrogens with zero attached hydrogens (tertiary/aromatic N) is 1. The molecule has 1 heterocycles. The zero-order valence-electron chi connectivity index (χ0n) is 14.1. The number of hydrogen-bond acceptors (Lipinski definition) is 3. The number of hydrogen-bond donors (Lipinski definition) is 0. The van der Waals surface area contributed by atoms with Gasteiger partial charge in [-0.05, 0) is 42.5 Å². The van der Waals surface area contributed by atoms with Gasteiger partial charge in [-0.15, -0.1) is 0 Å². The molecule has 3 rings (SSSR count). The topological polar surface area (TPSA) is 29.5 Å². The second-order valence-corrected chi connectivity index (χ2v) is 7.25. The van der Waals surface area contributed by atoms with E-state index in [-0.39, 0.29) is 5.92 Å². The highest BCUT2D eigenvalue weighted by Gasteiger charge is 2.41. The summed E-state index contributed by atoms with van der Waals surface area (Å²) < 4.78 is 5.75. The molecule has 0 radical (unpaired) electrons. The molecule has 1 fully saturated rings. The van der Waals surface area contributed by atoms with Gasteiger partial charge in [-0.1, -0.05) is 53.5 Å². The Balaban J connectivity index is 1.92. The van der Waals surface area contributed by atoms with Crippen LogP contribution < -0.4 is 0 Å². The molecule has 132 valence electrons. The molecule has 2 atom stereocenters. The van der Waals surface area contributed by atoms with Crippen LogP contribution in [0.4, 0.5) is 0 Å². The molecule has 3 nitrogen and oxygen atoms in total. The predicted octanol–water partition coefficient (Wildman–Crippen LogP) is 4.87. The van der Waals surface area contributed by atoms with Crippen molar-refractivity contribution in [2.45, 2.75) is 24.5 Å². The Bertz CT molecular complexity index is 717. The van der Waals surface area contributed by atoms with Crippen molar-refractivity contribution in [3.05, 3.63) is 69.7 Å². The minimum absolute atomic E-state index is 0.253. The highest BCUT2D eigenvalue weighted by molar-refractivity contribution is 6.34. The van der Waals surface area contributed by atoms with E-state index in [2.05, 4.69) is 4.90 Å². The number of carbonyl (C=O) groups excluding carboxylic acids is 1. The Kier molecular flexibility index (Phi) is 5.80. The Hall–Kier alpha value is -1.39. The van der Waals surface area contributed by atoms with Gasteiger partial charge in [-0.3, -0.25) is 9.69 Å². The number of benzene rings is 2. The van der Waals surface area contributed by atoms with E-state index in [1.165, 1.54) is 0 Å². The molecule has 1 aliphatic rings. The third-order valence-corrected chi connectivity index (χ3v) is 5.34. The van der Waals surface area contributed by atoms with E-state index >= 15 is 0 Å². The van der Waals surface area contributed by atoms with Gasteiger partial charge in [-0.25, -0.2) is 0 Å². The Labute approximate surface area is 158 Å². The monoisotopic (exact) mass is 377 g/mol. The molecule has 5 heteroatoms. The molecule has 0 amide bonds. The number of rotatable bonds is 5. The van der Waals surface area contributed by atoms with Gasteiger partial charge in [0.2, 0.25) is 5.72 Å². The molecule has 0 N–H and O–H groups in total. The summed E-state index contributed by atoms with van der Waals surface area (Å²) >= 11 is 12.3. The van der Waals surface area contributed by atoms with Crippen LogP contribution >= 0.6 is 23.2 Å². The van der Waals surface area contributed by atoms with Crippen LogP contribution in [0.1, 0.15) is 29.9 Å². The maximum atomic E-state index is 12.1. The molecule has 0 aliphatic carbocycles. The minimum atomic E-state index is -1.07. The number of piperidine rings is 1. The van der Waals surface area contributed by atoms with Crippen molar-refractivity contribution in [3.63, 3.8) is 0 Å². The molecule has 0 saturated carbocycles. The summed E-state index contributed by atoms with van der Waals surface area (Å²) in [6, 6.07) is 15.3. The number of carbonyl (C=O) groups is 1. The van der Waals surface area contributed by atoms with Crippen LogP contribution in [0.15, 0.2) is 48.5 Å². The number of aldehydes is 1. The third-order valence-electron chi connectivity index (χ3n) is 4.91. The molecule has 0 unspecified atom stereocenters. The molecule has 0 bridgehead atoms. The fraction of sp³-hybridized carbons (Fsp3) is 0.350. The van der Waals surface area contributed by atoms with Crippen molar-refractivity contribution in [1.82, 2.24) is 4.90 Å². The molecule has 1 saturated heterocycles. The maximum absolute atomic E-state index is 12.1. The van der Waals surface area contributed by atoms with Crippen LogP contribution in [0.25, 0.3) is 0 Å². The normalized spacial score (nSPS) is 20.8.